The number of ether oxygens (including phenoxy) is 1. The Bertz CT molecular complexity index is 293. The van der Waals surface area contributed by atoms with Crippen molar-refractivity contribution >= 4 is 5.97 Å². The third kappa shape index (κ3) is 5.56. The maximum Gasteiger partial charge on any atom is 0.397 e. The lowest BCUT2D eigenvalue weighted by Crippen LogP contribution is -2.37. The largest absolute Gasteiger partial charge is 0.465 e. The number of halogens is 3. The number of hydrogen-bond acceptors (Lipinski definition) is 2. The van der Waals surface area contributed by atoms with Crippen LogP contribution in [0, 0.1) is 11.3 Å². The normalized spacial score (nSPS) is 14.8. The highest BCUT2D eigenvalue weighted by Crippen LogP contribution is 2.37. The first-order chi connectivity index (χ1) is 8.12. The van der Waals surface area contributed by atoms with E-state index in [1.165, 1.54) is 0 Å². The van der Waals surface area contributed by atoms with E-state index in [-0.39, 0.29) is 5.92 Å². The highest BCUT2D eigenvalue weighted by atomic mass is 19.4. The lowest BCUT2D eigenvalue weighted by Gasteiger charge is -2.27. The number of rotatable bonds is 6. The topological polar surface area (TPSA) is 26.3 Å². The Balaban J connectivity index is 4.18. The number of hydrogen-bond donors (Lipinski definition) is 0. The molecule has 0 aromatic carbocycles. The van der Waals surface area contributed by atoms with Crippen LogP contribution in [0.3, 0.4) is 0 Å². The predicted molar refractivity (Wildman–Crippen MR) is 64.0 cm³/mol. The lowest BCUT2D eigenvalue weighted by atomic mass is 9.94. The summed E-state index contributed by atoms with van der Waals surface area (Å²) in [4.78, 5) is 11.5. The van der Waals surface area contributed by atoms with E-state index in [0.29, 0.717) is 6.42 Å². The predicted octanol–water partition coefficient (Wildman–Crippen LogP) is 4.11. The van der Waals surface area contributed by atoms with Gasteiger partial charge in [0, 0.05) is 0 Å². The Kier molecular flexibility index (Phi) is 6.43. The van der Waals surface area contributed by atoms with Gasteiger partial charge in [-0.25, -0.2) is 0 Å². The molecule has 5 heteroatoms. The van der Waals surface area contributed by atoms with Gasteiger partial charge in [0.2, 0.25) is 0 Å². The lowest BCUT2D eigenvalue weighted by molar-refractivity contribution is -0.227. The van der Waals surface area contributed by atoms with Crippen LogP contribution in [0.5, 0.6) is 0 Å². The van der Waals surface area contributed by atoms with Crippen molar-refractivity contribution in [1.29, 1.82) is 0 Å². The van der Waals surface area contributed by atoms with Crippen LogP contribution in [-0.4, -0.2) is 18.8 Å². The van der Waals surface area contributed by atoms with Gasteiger partial charge >= 0.3 is 12.1 Å². The van der Waals surface area contributed by atoms with E-state index >= 15 is 0 Å². The summed E-state index contributed by atoms with van der Waals surface area (Å²) in [7, 11) is 0. The molecule has 0 amide bonds. The molecule has 0 radical (unpaired) electrons. The smallest absolute Gasteiger partial charge is 0.397 e. The van der Waals surface area contributed by atoms with Crippen molar-refractivity contribution in [3.8, 4) is 0 Å². The SMILES string of the molecule is CC=CCCC(C)C(=O)OCC(C)(C)C(F)(F)F. The maximum absolute atomic E-state index is 12.5. The van der Waals surface area contributed by atoms with Crippen molar-refractivity contribution in [2.45, 2.75) is 46.7 Å². The molecule has 1 unspecified atom stereocenters. The van der Waals surface area contributed by atoms with Gasteiger partial charge in [0.25, 0.3) is 0 Å². The van der Waals surface area contributed by atoms with Gasteiger partial charge in [-0.05, 0) is 33.6 Å². The molecule has 0 aromatic heterocycles. The monoisotopic (exact) mass is 266 g/mol. The molecule has 0 aliphatic rings. The summed E-state index contributed by atoms with van der Waals surface area (Å²) in [5.41, 5.74) is -2.01. The minimum atomic E-state index is -4.37. The molecule has 0 spiro atoms. The quantitative estimate of drug-likeness (QED) is 0.534. The van der Waals surface area contributed by atoms with E-state index in [0.717, 1.165) is 20.3 Å². The second kappa shape index (κ2) is 6.81. The Hall–Kier alpha value is -1.00. The zero-order valence-corrected chi connectivity index (χ0v) is 11.3. The van der Waals surface area contributed by atoms with Crippen molar-refractivity contribution in [1.82, 2.24) is 0 Å². The molecular formula is C13H21F3O2. The van der Waals surface area contributed by atoms with E-state index < -0.39 is 24.2 Å². The molecular weight excluding hydrogens is 245 g/mol. The Morgan fingerprint density at radius 1 is 1.33 bits per heavy atom. The molecule has 18 heavy (non-hydrogen) atoms. The molecule has 0 saturated heterocycles. The summed E-state index contributed by atoms with van der Waals surface area (Å²) < 4.78 is 42.3. The Labute approximate surface area is 106 Å². The van der Waals surface area contributed by atoms with Gasteiger partial charge in [-0.15, -0.1) is 0 Å². The maximum atomic E-state index is 12.5. The average molecular weight is 266 g/mol. The molecule has 0 aliphatic carbocycles. The zero-order valence-electron chi connectivity index (χ0n) is 11.3. The third-order valence-corrected chi connectivity index (χ3v) is 2.75. The molecule has 0 aromatic rings. The summed E-state index contributed by atoms with van der Waals surface area (Å²) in [5, 5.41) is 0. The summed E-state index contributed by atoms with van der Waals surface area (Å²) in [6.07, 6.45) is 0.695. The van der Waals surface area contributed by atoms with Crippen LogP contribution in [0.2, 0.25) is 0 Å². The van der Waals surface area contributed by atoms with Crippen molar-refractivity contribution < 1.29 is 22.7 Å². The van der Waals surface area contributed by atoms with Crippen molar-refractivity contribution in [2.75, 3.05) is 6.61 Å². The fourth-order valence-electron chi connectivity index (χ4n) is 1.11. The average Bonchev–Trinajstić information content (AvgIpc) is 2.24. The molecule has 1 atom stereocenters. The molecule has 0 N–H and O–H groups in total. The summed E-state index contributed by atoms with van der Waals surface area (Å²) >= 11 is 0. The minimum absolute atomic E-state index is 0.384. The fraction of sp³-hybridized carbons (Fsp3) is 0.769. The van der Waals surface area contributed by atoms with E-state index in [1.54, 1.807) is 6.92 Å². The fourth-order valence-corrected chi connectivity index (χ4v) is 1.11. The molecule has 0 rings (SSSR count). The standard InChI is InChI=1S/C13H21F3O2/c1-5-6-7-8-10(2)11(17)18-9-12(3,4)13(14,15)16/h5-6,10H,7-9H2,1-4H3. The van der Waals surface area contributed by atoms with Gasteiger partial charge in [-0.2, -0.15) is 13.2 Å². The van der Waals surface area contributed by atoms with Crippen LogP contribution in [0.1, 0.15) is 40.5 Å². The second-order valence-electron chi connectivity index (χ2n) is 5.04. The first kappa shape index (κ1) is 17.0. The number of allylic oxidation sites excluding steroid dienone is 2. The highest BCUT2D eigenvalue weighted by molar-refractivity contribution is 5.71. The van der Waals surface area contributed by atoms with Crippen molar-refractivity contribution in [2.24, 2.45) is 11.3 Å². The summed E-state index contributed by atoms with van der Waals surface area (Å²) in [6.45, 7) is 4.93. The van der Waals surface area contributed by atoms with E-state index in [9.17, 15) is 18.0 Å². The Morgan fingerprint density at radius 3 is 2.33 bits per heavy atom. The number of carbonyl (C=O) groups excluding carboxylic acids is 1. The van der Waals surface area contributed by atoms with Crippen LogP contribution < -0.4 is 0 Å². The highest BCUT2D eigenvalue weighted by Gasteiger charge is 2.48. The summed E-state index contributed by atoms with van der Waals surface area (Å²) in [5.74, 6) is -0.956. The van der Waals surface area contributed by atoms with Gasteiger partial charge in [0.1, 0.15) is 6.61 Å². The van der Waals surface area contributed by atoms with E-state index in [2.05, 4.69) is 0 Å². The van der Waals surface area contributed by atoms with Crippen LogP contribution in [0.25, 0.3) is 0 Å². The van der Waals surface area contributed by atoms with Gasteiger partial charge in [-0.1, -0.05) is 19.1 Å². The molecule has 0 fully saturated rings. The van der Waals surface area contributed by atoms with Crippen molar-refractivity contribution in [3.63, 3.8) is 0 Å². The van der Waals surface area contributed by atoms with E-state index in [4.69, 9.17) is 4.74 Å². The summed E-state index contributed by atoms with van der Waals surface area (Å²) in [6, 6.07) is 0. The van der Waals surface area contributed by atoms with E-state index in [1.807, 2.05) is 19.1 Å². The zero-order chi connectivity index (χ0) is 14.4. The van der Waals surface area contributed by atoms with Crippen molar-refractivity contribution in [3.05, 3.63) is 12.2 Å². The van der Waals surface area contributed by atoms with Gasteiger partial charge in [0.05, 0.1) is 11.3 Å². The van der Waals surface area contributed by atoms with Gasteiger partial charge < -0.3 is 4.74 Å². The van der Waals surface area contributed by atoms with Crippen LogP contribution in [0.15, 0.2) is 12.2 Å². The minimum Gasteiger partial charge on any atom is -0.465 e. The number of alkyl halides is 3. The van der Waals surface area contributed by atoms with Crippen LogP contribution in [-0.2, 0) is 9.53 Å². The third-order valence-electron chi connectivity index (χ3n) is 2.75. The van der Waals surface area contributed by atoms with Crippen LogP contribution in [0.4, 0.5) is 13.2 Å². The molecule has 0 saturated carbocycles. The Morgan fingerprint density at radius 2 is 1.89 bits per heavy atom. The molecule has 0 aliphatic heterocycles. The molecule has 2 nitrogen and oxygen atoms in total. The second-order valence-corrected chi connectivity index (χ2v) is 5.04. The number of carbonyl (C=O) groups is 1. The first-order valence-electron chi connectivity index (χ1n) is 5.96. The molecule has 0 heterocycles. The molecule has 106 valence electrons. The number of esters is 1. The van der Waals surface area contributed by atoms with Crippen LogP contribution >= 0.6 is 0 Å². The first-order valence-corrected chi connectivity index (χ1v) is 5.96. The molecule has 0 bridgehead atoms. The van der Waals surface area contributed by atoms with Gasteiger partial charge in [0.15, 0.2) is 0 Å². The van der Waals surface area contributed by atoms with Gasteiger partial charge in [-0.3, -0.25) is 4.79 Å².